The number of benzene rings is 4. The number of aromatic nitrogens is 5. The molecular weight excluding hydrogens is 1880 g/mol. The van der Waals surface area contributed by atoms with Gasteiger partial charge in [-0.2, -0.15) is 12.6 Å². The number of likely N-dealkylation sites (tertiary alicyclic amines) is 1. The molecule has 49 nitrogen and oxygen atoms in total. The Kier molecular flexibility index (Phi) is 44.1. The van der Waals surface area contributed by atoms with Crippen molar-refractivity contribution in [1.82, 2.24) is 115 Å². The summed E-state index contributed by atoms with van der Waals surface area (Å²) in [7, 11) is 0. The molecule has 5 heterocycles. The van der Waals surface area contributed by atoms with Gasteiger partial charge in [-0.3, -0.25) is 82.1 Å². The Morgan fingerprint density at radius 2 is 0.832 bits per heavy atom. The van der Waals surface area contributed by atoms with Crippen LogP contribution in [0.1, 0.15) is 99.1 Å². The molecule has 1 fully saturated rings. The number of fused-ring (bicyclic) bond motifs is 3. The van der Waals surface area contributed by atoms with Crippen molar-refractivity contribution in [3.05, 3.63) is 162 Å². The van der Waals surface area contributed by atoms with Crippen molar-refractivity contribution in [2.24, 2.45) is 22.9 Å². The molecule has 4 aromatic carbocycles. The molecule has 0 saturated carbocycles. The normalized spacial score (nSPS) is 15.3. The minimum absolute atomic E-state index is 0.00255. The topological polar surface area (TPSA) is 791 Å². The van der Waals surface area contributed by atoms with E-state index in [2.05, 4.69) is 123 Å². The molecule has 0 aliphatic carbocycles. The van der Waals surface area contributed by atoms with E-state index in [-0.39, 0.29) is 101 Å². The number of nitrogens with two attached hydrogens (primary N) is 4. The highest BCUT2D eigenvalue weighted by Gasteiger charge is 2.43. The Hall–Kier alpha value is -15.0. The van der Waals surface area contributed by atoms with Crippen LogP contribution in [0.5, 0.6) is 0 Å². The molecule has 0 bridgehead atoms. The highest BCUT2D eigenvalue weighted by molar-refractivity contribution is 7.80. The minimum Gasteiger partial charge on any atom is -0.480 e. The average Bonchev–Trinajstić information content (AvgIpc) is 1.34. The molecule has 4 aromatic heterocycles. The number of carbonyl (C=O) groups is 17. The summed E-state index contributed by atoms with van der Waals surface area (Å²) in [5.41, 5.74) is 27.2. The van der Waals surface area contributed by atoms with Gasteiger partial charge in [-0.25, -0.2) is 9.78 Å². The van der Waals surface area contributed by atoms with Crippen LogP contribution in [0.3, 0.4) is 0 Å². The molecule has 16 amide bonds. The van der Waals surface area contributed by atoms with E-state index in [1.54, 1.807) is 122 Å². The Bertz CT molecular complexity index is 5710. The number of aliphatic hydroxyl groups is 4. The second-order valence-corrected chi connectivity index (χ2v) is 34.6. The second-order valence-electron chi connectivity index (χ2n) is 34.3. The van der Waals surface area contributed by atoms with Crippen molar-refractivity contribution < 1.29 is 107 Å². The fourth-order valence-electron chi connectivity index (χ4n) is 15.9. The van der Waals surface area contributed by atoms with Gasteiger partial charge in [0, 0.05) is 114 Å². The number of guanidine groups is 1. The van der Waals surface area contributed by atoms with Gasteiger partial charge in [0.15, 0.2) is 5.96 Å². The molecule has 1 aliphatic rings. The molecule has 15 atom stereocenters. The number of unbranched alkanes of at least 4 members (excludes halogenated alkanes) is 2. The summed E-state index contributed by atoms with van der Waals surface area (Å²) >= 11 is 3.90. The number of para-hydroxylation sites is 3. The van der Waals surface area contributed by atoms with Crippen LogP contribution in [0, 0.1) is 5.41 Å². The molecule has 0 unspecified atom stereocenters. The number of H-pyrrole nitrogens is 4. The predicted molar refractivity (Wildman–Crippen MR) is 523 cm³/mol. The lowest BCUT2D eigenvalue weighted by atomic mass is 10.0. The summed E-state index contributed by atoms with van der Waals surface area (Å²) in [6.07, 6.45) is 8.41. The number of carbonyl (C=O) groups excluding carboxylic acids is 16. The number of aliphatic carboxylic acids is 1. The van der Waals surface area contributed by atoms with Crippen LogP contribution >= 0.6 is 12.6 Å². The summed E-state index contributed by atoms with van der Waals surface area (Å²) in [6.45, 7) is -4.07. The Balaban J connectivity index is 0.851. The summed E-state index contributed by atoms with van der Waals surface area (Å²) in [5.74, 6) is -17.8. The number of nitrogens with zero attached hydrogens (tertiary/aromatic N) is 2. The Morgan fingerprint density at radius 3 is 1.30 bits per heavy atom. The number of carboxylic acid groups (broad SMARTS) is 1. The quantitative estimate of drug-likeness (QED) is 0.00729. The predicted octanol–water partition coefficient (Wildman–Crippen LogP) is -7.26. The van der Waals surface area contributed by atoms with Gasteiger partial charge < -0.3 is 158 Å². The summed E-state index contributed by atoms with van der Waals surface area (Å²) < 4.78 is 0. The SMILES string of the molecule is C[C@H](NC(=O)[C@H](CCCCN)NC(=O)[C@H](Cc1ccccc1)NC(=O)[C@H](CCCNC(=N)N)NC(=O)[C@@H](N)CCCCN)C(=O)NCC(=O)NCC(=O)N[C@@H](Cc1c[nH]c2ccccc12)C(=O)N[C@@H](CO)C(=O)N[C@@H](Cc1cnc[nH]1)C(=O)N[C@@H](Cc1c[nH]c2ccccc12)C(=O)N[C@@H](CO)C(=O)N1CCC[C@H]1C(=O)N[C@@H](Cc1c[nH]c2ccccc12)C(=O)N[C@@H](CO)C(=O)N[C@@H](CO)C(=O)N[C@@H](CS)C(=O)O. The maximum atomic E-state index is 15.1. The fraction of sp³-hybridized carbons (Fsp3) is 0.452. The van der Waals surface area contributed by atoms with Crippen LogP contribution in [0.15, 0.2) is 134 Å². The average molecular weight is 2010 g/mol. The molecule has 34 N–H and O–H groups in total. The molecule has 1 saturated heterocycles. The van der Waals surface area contributed by atoms with Crippen LogP contribution in [0.4, 0.5) is 0 Å². The van der Waals surface area contributed by atoms with Gasteiger partial charge in [0.2, 0.25) is 94.5 Å². The summed E-state index contributed by atoms with van der Waals surface area (Å²) in [6, 6.07) is 6.14. The van der Waals surface area contributed by atoms with E-state index in [4.69, 9.17) is 28.3 Å². The Labute approximate surface area is 825 Å². The van der Waals surface area contributed by atoms with Crippen molar-refractivity contribution in [1.29, 1.82) is 5.41 Å². The standard InChI is InChI=1S/C93H127N27O22S/c1-50(107-80(129)63(26-12-14-30-95)110-82(131)65(33-51-17-3-2-4-18-51)111-81(130)64(27-15-31-100-93(97)98)109-79(128)59(96)22-11-13-29-94)78(127)105-42-76(125)104-43-77(126)108-66(34-52-38-101-60-23-8-5-19-56(52)60)83(132)115-70(44-121)87(136)113-69(37-55-41-99-49-106-55)86(135)112-67(35-53-39-102-61-24-9-6-20-57(53)61)85(134)118-73(47-124)91(140)120-32-16-28-75(120)90(139)114-68(36-54-40-103-62-25-10-7-21-58(54)62)84(133)116-71(45-122)88(137)117-72(46-123)89(138)119-74(48-143)92(141)142/h2-10,17-21,23-25,38-41,49-50,59,63-75,101-103,121-124,143H,11-16,22,26-37,42-48,94-96H2,1H3,(H,99,106)(H,104,125)(H,105,127)(H,107,129)(H,108,126)(H,109,128)(H,110,131)(H,111,130)(H,112,135)(H,113,136)(H,114,139)(H,115,132)(H,116,133)(H,117,137)(H,118,134)(H,119,138)(H,141,142)(H4,97,98,100)/t50-,59-,63-,64-,65-,66-,67-,68-,69-,70-,71-,72-,73-,74-,75-/m0/s1. The van der Waals surface area contributed by atoms with E-state index in [1.807, 2.05) is 0 Å². The van der Waals surface area contributed by atoms with Crippen LogP contribution in [0.25, 0.3) is 32.7 Å². The Morgan fingerprint density at radius 1 is 0.434 bits per heavy atom. The minimum atomic E-state index is -1.91. The first-order valence-corrected chi connectivity index (χ1v) is 47.3. The van der Waals surface area contributed by atoms with E-state index in [9.17, 15) is 97.5 Å². The fourth-order valence-corrected chi connectivity index (χ4v) is 16.2. The zero-order valence-corrected chi connectivity index (χ0v) is 79.5. The number of aromatic amines is 4. The van der Waals surface area contributed by atoms with Crippen LogP contribution < -0.4 is 108 Å². The third kappa shape index (κ3) is 33.6. The van der Waals surface area contributed by atoms with Gasteiger partial charge in [0.1, 0.15) is 84.6 Å². The lowest BCUT2D eigenvalue weighted by Gasteiger charge is -2.30. The smallest absolute Gasteiger partial charge is 0.327 e. The molecular formula is C93H127N27O22S. The van der Waals surface area contributed by atoms with Gasteiger partial charge >= 0.3 is 5.97 Å². The zero-order valence-electron chi connectivity index (χ0n) is 78.6. The molecule has 143 heavy (non-hydrogen) atoms. The number of hydrogen-bond donors (Lipinski definition) is 31. The number of rotatable bonds is 59. The van der Waals surface area contributed by atoms with E-state index in [0.717, 1.165) is 4.90 Å². The number of nitrogens with one attached hydrogen (secondary N) is 21. The molecule has 50 heteroatoms. The number of aliphatic hydroxyl groups excluding tert-OH is 4. The van der Waals surface area contributed by atoms with E-state index in [0.29, 0.717) is 87.2 Å². The van der Waals surface area contributed by atoms with Gasteiger partial charge in [-0.1, -0.05) is 91.3 Å². The lowest BCUT2D eigenvalue weighted by Crippen LogP contribution is -2.62. The van der Waals surface area contributed by atoms with Gasteiger partial charge in [-0.15, -0.1) is 0 Å². The van der Waals surface area contributed by atoms with Crippen molar-refractivity contribution in [2.45, 2.75) is 194 Å². The van der Waals surface area contributed by atoms with Crippen LogP contribution in [-0.4, -0.2) is 324 Å². The maximum Gasteiger partial charge on any atom is 0.327 e. The van der Waals surface area contributed by atoms with Crippen molar-refractivity contribution in [2.75, 3.05) is 71.4 Å². The largest absolute Gasteiger partial charge is 0.480 e. The van der Waals surface area contributed by atoms with E-state index < -0.39 is 237 Å². The number of carboxylic acids is 1. The van der Waals surface area contributed by atoms with E-state index >= 15 is 9.59 Å². The summed E-state index contributed by atoms with van der Waals surface area (Å²) in [4.78, 5) is 256. The van der Waals surface area contributed by atoms with Crippen molar-refractivity contribution >= 4 is 152 Å². The second kappa shape index (κ2) is 56.5. The third-order valence-electron chi connectivity index (χ3n) is 23.7. The van der Waals surface area contributed by atoms with Crippen molar-refractivity contribution in [3.8, 4) is 0 Å². The first kappa shape index (κ1) is 112. The van der Waals surface area contributed by atoms with Crippen molar-refractivity contribution in [3.63, 3.8) is 0 Å². The van der Waals surface area contributed by atoms with Crippen LogP contribution in [0.2, 0.25) is 0 Å². The van der Waals surface area contributed by atoms with E-state index in [1.165, 1.54) is 19.4 Å². The molecule has 772 valence electrons. The van der Waals surface area contributed by atoms with Gasteiger partial charge in [0.05, 0.1) is 51.9 Å². The molecule has 9 rings (SSSR count). The molecule has 8 aromatic rings. The first-order valence-electron chi connectivity index (χ1n) is 46.6. The number of imidazole rings is 1. The third-order valence-corrected chi connectivity index (χ3v) is 24.1. The molecule has 1 aliphatic heterocycles. The number of amides is 16. The summed E-state index contributed by atoms with van der Waals surface area (Å²) in [5, 5.41) is 101. The first-order chi connectivity index (χ1) is 68.7. The monoisotopic (exact) mass is 2010 g/mol. The number of thiol groups is 1. The maximum absolute atomic E-state index is 15.1. The number of hydrogen-bond acceptors (Lipinski definition) is 27. The zero-order chi connectivity index (χ0) is 104. The van der Waals surface area contributed by atoms with Gasteiger partial charge in [-0.05, 0) is 118 Å². The highest BCUT2D eigenvalue weighted by atomic mass is 32.1. The molecule has 0 radical (unpaired) electrons. The van der Waals surface area contributed by atoms with Crippen LogP contribution in [-0.2, 0) is 114 Å². The highest BCUT2D eigenvalue weighted by Crippen LogP contribution is 2.26. The molecule has 0 spiro atoms. The lowest BCUT2D eigenvalue weighted by molar-refractivity contribution is -0.143. The van der Waals surface area contributed by atoms with Gasteiger partial charge in [0.25, 0.3) is 0 Å².